The van der Waals surface area contributed by atoms with Crippen molar-refractivity contribution in [3.05, 3.63) is 42.0 Å². The van der Waals surface area contributed by atoms with Gasteiger partial charge in [-0.15, -0.1) is 6.58 Å². The molecule has 2 aliphatic rings. The molecule has 1 saturated heterocycles. The number of benzene rings is 1. The summed E-state index contributed by atoms with van der Waals surface area (Å²) in [6.07, 6.45) is 5.71. The molecule has 2 heteroatoms. The Balaban J connectivity index is 1.93. The van der Waals surface area contributed by atoms with Crippen LogP contribution in [0.25, 0.3) is 0 Å². The third-order valence-electron chi connectivity index (χ3n) is 4.50. The van der Waals surface area contributed by atoms with Crippen molar-refractivity contribution < 1.29 is 4.74 Å². The Morgan fingerprint density at radius 3 is 3.11 bits per heavy atom. The van der Waals surface area contributed by atoms with Crippen LogP contribution in [0, 0.1) is 0 Å². The molecule has 0 N–H and O–H groups in total. The van der Waals surface area contributed by atoms with Gasteiger partial charge < -0.3 is 4.74 Å². The Kier molecular flexibility index (Phi) is 3.13. The predicted octanol–water partition coefficient (Wildman–Crippen LogP) is 2.99. The van der Waals surface area contributed by atoms with Gasteiger partial charge in [-0.2, -0.15) is 0 Å². The molecule has 0 aromatic heterocycles. The molecule has 1 fully saturated rings. The van der Waals surface area contributed by atoms with E-state index in [9.17, 15) is 0 Å². The molecular formula is C16H21NO. The number of hydrogen-bond donors (Lipinski definition) is 0. The highest BCUT2D eigenvalue weighted by Crippen LogP contribution is 2.43. The van der Waals surface area contributed by atoms with Crippen LogP contribution in [0.15, 0.2) is 30.9 Å². The fourth-order valence-corrected chi connectivity index (χ4v) is 3.74. The van der Waals surface area contributed by atoms with E-state index in [1.54, 1.807) is 7.11 Å². The minimum atomic E-state index is 0.698. The Bertz CT molecular complexity index is 454. The van der Waals surface area contributed by atoms with Crippen molar-refractivity contribution in [2.24, 2.45) is 0 Å². The van der Waals surface area contributed by atoms with Crippen molar-refractivity contribution in [3.63, 3.8) is 0 Å². The molecule has 2 atom stereocenters. The number of nitrogens with zero attached hydrogens (tertiary/aromatic N) is 1. The van der Waals surface area contributed by atoms with Crippen molar-refractivity contribution in [3.8, 4) is 5.75 Å². The summed E-state index contributed by atoms with van der Waals surface area (Å²) in [5.74, 6) is 1.77. The van der Waals surface area contributed by atoms with Crippen molar-refractivity contribution in [2.75, 3.05) is 20.2 Å². The van der Waals surface area contributed by atoms with E-state index in [1.807, 2.05) is 6.08 Å². The van der Waals surface area contributed by atoms with E-state index in [4.69, 9.17) is 4.74 Å². The van der Waals surface area contributed by atoms with Crippen LogP contribution in [0.3, 0.4) is 0 Å². The number of likely N-dealkylation sites (tertiary alicyclic amines) is 1. The second kappa shape index (κ2) is 4.77. The fraction of sp³-hybridized carbons (Fsp3) is 0.500. The molecule has 2 nitrogen and oxygen atoms in total. The summed E-state index contributed by atoms with van der Waals surface area (Å²) in [5, 5.41) is 0. The van der Waals surface area contributed by atoms with Crippen LogP contribution in [-0.2, 0) is 6.42 Å². The topological polar surface area (TPSA) is 12.5 Å². The maximum absolute atomic E-state index is 5.51. The minimum Gasteiger partial charge on any atom is -0.496 e. The van der Waals surface area contributed by atoms with Gasteiger partial charge in [-0.25, -0.2) is 0 Å². The molecule has 0 amide bonds. The zero-order valence-electron chi connectivity index (χ0n) is 11.1. The number of fused-ring (bicyclic) bond motifs is 3. The standard InChI is InChI=1S/C16H21NO/c1-3-10-17-11-9-13-12-5-4-6-16(18-2)14(12)7-8-15(13)17/h3-6,13,15H,1,7-11H2,2H3/t13-,15-/m0/s1. The molecule has 3 rings (SSSR count). The Morgan fingerprint density at radius 1 is 1.44 bits per heavy atom. The molecule has 1 aliphatic carbocycles. The summed E-state index contributed by atoms with van der Waals surface area (Å²) in [4.78, 5) is 2.58. The van der Waals surface area contributed by atoms with Gasteiger partial charge in [0, 0.05) is 18.5 Å². The quantitative estimate of drug-likeness (QED) is 0.757. The van der Waals surface area contributed by atoms with Crippen molar-refractivity contribution >= 4 is 0 Å². The third-order valence-corrected chi connectivity index (χ3v) is 4.50. The van der Waals surface area contributed by atoms with Crippen LogP contribution in [0.4, 0.5) is 0 Å². The first-order valence-corrected chi connectivity index (χ1v) is 6.86. The highest BCUT2D eigenvalue weighted by atomic mass is 16.5. The monoisotopic (exact) mass is 243 g/mol. The number of rotatable bonds is 3. The average Bonchev–Trinajstić information content (AvgIpc) is 2.82. The minimum absolute atomic E-state index is 0.698. The summed E-state index contributed by atoms with van der Waals surface area (Å²) >= 11 is 0. The summed E-state index contributed by atoms with van der Waals surface area (Å²) in [5.41, 5.74) is 2.97. The average molecular weight is 243 g/mol. The van der Waals surface area contributed by atoms with Crippen LogP contribution in [0.2, 0.25) is 0 Å². The summed E-state index contributed by atoms with van der Waals surface area (Å²) in [6.45, 7) is 6.11. The van der Waals surface area contributed by atoms with Gasteiger partial charge in [-0.1, -0.05) is 18.2 Å². The van der Waals surface area contributed by atoms with Gasteiger partial charge in [0.1, 0.15) is 5.75 Å². The van der Waals surface area contributed by atoms with E-state index < -0.39 is 0 Å². The molecule has 96 valence electrons. The zero-order chi connectivity index (χ0) is 12.5. The van der Waals surface area contributed by atoms with Gasteiger partial charge in [0.2, 0.25) is 0 Å². The van der Waals surface area contributed by atoms with Gasteiger partial charge in [-0.05, 0) is 43.0 Å². The zero-order valence-corrected chi connectivity index (χ0v) is 11.1. The molecule has 0 spiro atoms. The second-order valence-corrected chi connectivity index (χ2v) is 5.31. The molecule has 0 radical (unpaired) electrons. The predicted molar refractivity (Wildman–Crippen MR) is 74.2 cm³/mol. The van der Waals surface area contributed by atoms with Crippen molar-refractivity contribution in [2.45, 2.75) is 31.2 Å². The van der Waals surface area contributed by atoms with Gasteiger partial charge in [0.25, 0.3) is 0 Å². The first kappa shape index (κ1) is 11.8. The van der Waals surface area contributed by atoms with Crippen LogP contribution in [0.5, 0.6) is 5.75 Å². The Hall–Kier alpha value is -1.28. The fourth-order valence-electron chi connectivity index (χ4n) is 3.74. The van der Waals surface area contributed by atoms with Crippen LogP contribution < -0.4 is 4.74 Å². The lowest BCUT2D eigenvalue weighted by molar-refractivity contribution is 0.248. The molecule has 1 aromatic rings. The maximum atomic E-state index is 5.51. The van der Waals surface area contributed by atoms with Gasteiger partial charge >= 0.3 is 0 Å². The van der Waals surface area contributed by atoms with E-state index in [1.165, 1.54) is 30.5 Å². The summed E-state index contributed by atoms with van der Waals surface area (Å²) in [6, 6.07) is 7.24. The lowest BCUT2D eigenvalue weighted by Gasteiger charge is -2.33. The van der Waals surface area contributed by atoms with Crippen LogP contribution in [0.1, 0.15) is 29.9 Å². The van der Waals surface area contributed by atoms with E-state index in [0.29, 0.717) is 12.0 Å². The normalized spacial score (nSPS) is 26.5. The van der Waals surface area contributed by atoms with Crippen LogP contribution >= 0.6 is 0 Å². The van der Waals surface area contributed by atoms with E-state index in [0.717, 1.165) is 18.7 Å². The van der Waals surface area contributed by atoms with Crippen molar-refractivity contribution in [1.82, 2.24) is 4.90 Å². The lowest BCUT2D eigenvalue weighted by atomic mass is 9.79. The van der Waals surface area contributed by atoms with E-state index >= 15 is 0 Å². The lowest BCUT2D eigenvalue weighted by Crippen LogP contribution is -2.35. The Labute approximate surface area is 109 Å². The number of hydrogen-bond acceptors (Lipinski definition) is 2. The van der Waals surface area contributed by atoms with E-state index in [2.05, 4.69) is 29.7 Å². The highest BCUT2D eigenvalue weighted by molar-refractivity contribution is 5.45. The SMILES string of the molecule is C=CCN1CC[C@H]2c3cccc(OC)c3CC[C@@H]21. The van der Waals surface area contributed by atoms with Crippen LogP contribution in [-0.4, -0.2) is 31.1 Å². The highest BCUT2D eigenvalue weighted by Gasteiger charge is 2.38. The Morgan fingerprint density at radius 2 is 2.33 bits per heavy atom. The molecular weight excluding hydrogens is 222 g/mol. The maximum Gasteiger partial charge on any atom is 0.122 e. The molecule has 1 aliphatic heterocycles. The molecule has 1 aromatic carbocycles. The summed E-state index contributed by atoms with van der Waals surface area (Å²) < 4.78 is 5.51. The first-order valence-electron chi connectivity index (χ1n) is 6.86. The molecule has 18 heavy (non-hydrogen) atoms. The molecule has 0 unspecified atom stereocenters. The summed E-state index contributed by atoms with van der Waals surface area (Å²) in [7, 11) is 1.78. The molecule has 1 heterocycles. The first-order chi connectivity index (χ1) is 8.85. The molecule has 0 saturated carbocycles. The largest absolute Gasteiger partial charge is 0.496 e. The van der Waals surface area contributed by atoms with Gasteiger partial charge in [0.05, 0.1) is 7.11 Å². The van der Waals surface area contributed by atoms with E-state index in [-0.39, 0.29) is 0 Å². The second-order valence-electron chi connectivity index (χ2n) is 5.31. The molecule has 0 bridgehead atoms. The number of methoxy groups -OCH3 is 1. The van der Waals surface area contributed by atoms with Crippen molar-refractivity contribution in [1.29, 1.82) is 0 Å². The third kappa shape index (κ3) is 1.76. The van der Waals surface area contributed by atoms with Gasteiger partial charge in [-0.3, -0.25) is 4.90 Å². The van der Waals surface area contributed by atoms with Gasteiger partial charge in [0.15, 0.2) is 0 Å². The number of ether oxygens (including phenoxy) is 1. The smallest absolute Gasteiger partial charge is 0.122 e.